The van der Waals surface area contributed by atoms with Crippen LogP contribution in [0.5, 0.6) is 5.75 Å². The topological polar surface area (TPSA) is 46.2 Å². The molecule has 0 fully saturated rings. The molecule has 3 N–H and O–H groups in total. The molecule has 0 aliphatic heterocycles. The number of unbranched alkanes of at least 4 members (excludes halogenated alkanes) is 1. The average Bonchev–Trinajstić information content (AvgIpc) is 2.18. The number of aryl methyl sites for hydroxylation is 1. The smallest absolute Gasteiger partial charge is 0.148 e. The molecule has 0 saturated carbocycles. The second-order valence-corrected chi connectivity index (χ2v) is 3.50. The van der Waals surface area contributed by atoms with E-state index in [1.54, 1.807) is 6.07 Å². The lowest BCUT2D eigenvalue weighted by Crippen LogP contribution is -2.00. The van der Waals surface area contributed by atoms with Gasteiger partial charge in [0.15, 0.2) is 0 Å². The number of phenolic OH excluding ortho intramolecular Hbond substituents is 1. The third-order valence-corrected chi connectivity index (χ3v) is 2.40. The molecule has 0 atom stereocenters. The lowest BCUT2D eigenvalue weighted by atomic mass is 10.1. The number of benzene rings is 1. The molecule has 0 aliphatic rings. The van der Waals surface area contributed by atoms with E-state index in [9.17, 15) is 4.39 Å². The fourth-order valence-electron chi connectivity index (χ4n) is 1.23. The second kappa shape index (κ2) is 5.17. The number of hydrogen-bond acceptors (Lipinski definition) is 2. The average molecular weight is 218 g/mol. The van der Waals surface area contributed by atoms with Crippen LogP contribution in [0.1, 0.15) is 18.4 Å². The van der Waals surface area contributed by atoms with Gasteiger partial charge in [-0.3, -0.25) is 0 Å². The van der Waals surface area contributed by atoms with E-state index in [2.05, 4.69) is 0 Å². The van der Waals surface area contributed by atoms with Crippen molar-refractivity contribution < 1.29 is 9.50 Å². The van der Waals surface area contributed by atoms with E-state index < -0.39 is 5.82 Å². The molecule has 78 valence electrons. The molecule has 0 aromatic heterocycles. The van der Waals surface area contributed by atoms with Gasteiger partial charge in [-0.2, -0.15) is 0 Å². The highest BCUT2D eigenvalue weighted by molar-refractivity contribution is 6.32. The summed E-state index contributed by atoms with van der Waals surface area (Å²) in [5.41, 5.74) is 5.85. The van der Waals surface area contributed by atoms with Gasteiger partial charge < -0.3 is 10.8 Å². The molecular weight excluding hydrogens is 205 g/mol. The summed E-state index contributed by atoms with van der Waals surface area (Å²) in [5, 5.41) is 8.91. The van der Waals surface area contributed by atoms with Gasteiger partial charge in [0.05, 0.1) is 0 Å². The van der Waals surface area contributed by atoms with Crippen LogP contribution in [0, 0.1) is 5.82 Å². The summed E-state index contributed by atoms with van der Waals surface area (Å²) in [6.45, 7) is 0.605. The Balaban J connectivity index is 2.73. The van der Waals surface area contributed by atoms with Crippen LogP contribution in [-0.2, 0) is 6.42 Å². The monoisotopic (exact) mass is 217 g/mol. The SMILES string of the molecule is NCCCCc1ccc(O)c(Cl)c1F. The van der Waals surface area contributed by atoms with Gasteiger partial charge in [-0.25, -0.2) is 4.39 Å². The van der Waals surface area contributed by atoms with E-state index in [1.807, 2.05) is 0 Å². The molecule has 0 unspecified atom stereocenters. The zero-order valence-electron chi connectivity index (χ0n) is 7.76. The summed E-state index contributed by atoms with van der Waals surface area (Å²) < 4.78 is 13.4. The first kappa shape index (κ1) is 11.3. The van der Waals surface area contributed by atoms with Crippen LogP contribution in [0.3, 0.4) is 0 Å². The van der Waals surface area contributed by atoms with Crippen molar-refractivity contribution in [3.8, 4) is 5.75 Å². The molecule has 0 saturated heterocycles. The number of nitrogens with two attached hydrogens (primary N) is 1. The molecule has 0 radical (unpaired) electrons. The summed E-state index contributed by atoms with van der Waals surface area (Å²) in [5.74, 6) is -0.740. The largest absolute Gasteiger partial charge is 0.506 e. The van der Waals surface area contributed by atoms with E-state index in [-0.39, 0.29) is 10.8 Å². The Morgan fingerprint density at radius 1 is 1.36 bits per heavy atom. The van der Waals surface area contributed by atoms with Gasteiger partial charge in [-0.1, -0.05) is 17.7 Å². The number of phenols is 1. The summed E-state index contributed by atoms with van der Waals surface area (Å²) in [6.07, 6.45) is 2.29. The maximum atomic E-state index is 13.4. The van der Waals surface area contributed by atoms with Gasteiger partial charge in [-0.05, 0) is 37.4 Å². The maximum absolute atomic E-state index is 13.4. The fraction of sp³-hybridized carbons (Fsp3) is 0.400. The number of aromatic hydroxyl groups is 1. The van der Waals surface area contributed by atoms with Crippen molar-refractivity contribution in [3.63, 3.8) is 0 Å². The van der Waals surface area contributed by atoms with Gasteiger partial charge in [0.1, 0.15) is 16.6 Å². The summed E-state index contributed by atoms with van der Waals surface area (Å²) in [6, 6.07) is 2.95. The number of hydrogen-bond donors (Lipinski definition) is 2. The van der Waals surface area contributed by atoms with E-state index in [1.165, 1.54) is 6.07 Å². The zero-order valence-corrected chi connectivity index (χ0v) is 8.52. The van der Waals surface area contributed by atoms with Gasteiger partial charge in [0.25, 0.3) is 0 Å². The van der Waals surface area contributed by atoms with Crippen LogP contribution in [0.2, 0.25) is 5.02 Å². The minimum atomic E-state index is -0.524. The van der Waals surface area contributed by atoms with Crippen LogP contribution in [-0.4, -0.2) is 11.7 Å². The van der Waals surface area contributed by atoms with Crippen molar-refractivity contribution in [1.29, 1.82) is 0 Å². The van der Waals surface area contributed by atoms with Crippen molar-refractivity contribution in [1.82, 2.24) is 0 Å². The summed E-state index contributed by atoms with van der Waals surface area (Å²) >= 11 is 5.55. The third-order valence-electron chi connectivity index (χ3n) is 2.04. The Morgan fingerprint density at radius 2 is 2.07 bits per heavy atom. The quantitative estimate of drug-likeness (QED) is 0.762. The van der Waals surface area contributed by atoms with Crippen LogP contribution in [0.25, 0.3) is 0 Å². The highest BCUT2D eigenvalue weighted by Gasteiger charge is 2.10. The lowest BCUT2D eigenvalue weighted by molar-refractivity contribution is 0.468. The summed E-state index contributed by atoms with van der Waals surface area (Å²) in [4.78, 5) is 0. The Hall–Kier alpha value is -0.800. The Morgan fingerprint density at radius 3 is 2.71 bits per heavy atom. The van der Waals surface area contributed by atoms with E-state index >= 15 is 0 Å². The molecule has 1 aromatic rings. The van der Waals surface area contributed by atoms with Crippen molar-refractivity contribution >= 4 is 11.6 Å². The van der Waals surface area contributed by atoms with Crippen LogP contribution < -0.4 is 5.73 Å². The highest BCUT2D eigenvalue weighted by atomic mass is 35.5. The summed E-state index contributed by atoms with van der Waals surface area (Å²) in [7, 11) is 0. The Labute approximate surface area is 87.5 Å². The molecule has 2 nitrogen and oxygen atoms in total. The minimum Gasteiger partial charge on any atom is -0.506 e. The lowest BCUT2D eigenvalue weighted by Gasteiger charge is -2.05. The first-order chi connectivity index (χ1) is 6.66. The fourth-order valence-corrected chi connectivity index (χ4v) is 1.42. The zero-order chi connectivity index (χ0) is 10.6. The minimum absolute atomic E-state index is 0.199. The van der Waals surface area contributed by atoms with Gasteiger partial charge in [0, 0.05) is 0 Å². The van der Waals surface area contributed by atoms with Crippen molar-refractivity contribution in [2.75, 3.05) is 6.54 Å². The molecule has 14 heavy (non-hydrogen) atoms. The Bertz CT molecular complexity index is 317. The molecular formula is C10H13ClFNO. The van der Waals surface area contributed by atoms with Gasteiger partial charge >= 0.3 is 0 Å². The van der Waals surface area contributed by atoms with E-state index in [0.717, 1.165) is 12.8 Å². The first-order valence-corrected chi connectivity index (χ1v) is 4.90. The number of halogens is 2. The van der Waals surface area contributed by atoms with Crippen LogP contribution >= 0.6 is 11.6 Å². The van der Waals surface area contributed by atoms with Crippen LogP contribution in [0.15, 0.2) is 12.1 Å². The molecule has 0 heterocycles. The van der Waals surface area contributed by atoms with E-state index in [0.29, 0.717) is 18.5 Å². The maximum Gasteiger partial charge on any atom is 0.148 e. The van der Waals surface area contributed by atoms with Gasteiger partial charge in [0.2, 0.25) is 0 Å². The standard InChI is InChI=1S/C10H13ClFNO/c11-9-8(14)5-4-7(10(9)12)3-1-2-6-13/h4-5,14H,1-3,6,13H2. The normalized spacial score (nSPS) is 10.5. The van der Waals surface area contributed by atoms with Gasteiger partial charge in [-0.15, -0.1) is 0 Å². The van der Waals surface area contributed by atoms with E-state index in [4.69, 9.17) is 22.4 Å². The molecule has 0 aliphatic carbocycles. The molecule has 4 heteroatoms. The van der Waals surface area contributed by atoms with Crippen molar-refractivity contribution in [3.05, 3.63) is 28.5 Å². The van der Waals surface area contributed by atoms with Crippen molar-refractivity contribution in [2.24, 2.45) is 5.73 Å². The molecule has 0 amide bonds. The van der Waals surface area contributed by atoms with Crippen molar-refractivity contribution in [2.45, 2.75) is 19.3 Å². The predicted molar refractivity (Wildman–Crippen MR) is 55.1 cm³/mol. The predicted octanol–water partition coefficient (Wildman–Crippen LogP) is 2.47. The second-order valence-electron chi connectivity index (χ2n) is 3.12. The molecule has 1 aromatic carbocycles. The highest BCUT2D eigenvalue weighted by Crippen LogP contribution is 2.28. The Kier molecular flexibility index (Phi) is 4.17. The molecule has 0 spiro atoms. The third kappa shape index (κ3) is 2.59. The molecule has 1 rings (SSSR count). The molecule has 0 bridgehead atoms. The first-order valence-electron chi connectivity index (χ1n) is 4.52. The number of rotatable bonds is 4. The van der Waals surface area contributed by atoms with Crippen LogP contribution in [0.4, 0.5) is 4.39 Å².